The highest BCUT2D eigenvalue weighted by molar-refractivity contribution is 6.32. The summed E-state index contributed by atoms with van der Waals surface area (Å²) in [5.41, 5.74) is 3.02. The number of benzene rings is 2. The molecule has 4 heteroatoms. The molecule has 0 radical (unpaired) electrons. The van der Waals surface area contributed by atoms with Gasteiger partial charge in [0.15, 0.2) is 0 Å². The van der Waals surface area contributed by atoms with Crippen molar-refractivity contribution in [2.75, 3.05) is 0 Å². The monoisotopic (exact) mass is 314 g/mol. The third-order valence-corrected chi connectivity index (χ3v) is 3.70. The van der Waals surface area contributed by atoms with Crippen LogP contribution in [-0.4, -0.2) is 0 Å². The second kappa shape index (κ2) is 6.51. The molecule has 1 nitrogen and oxygen atoms in total. The molecular formula is C15H13Cl3O. The Morgan fingerprint density at radius 2 is 1.79 bits per heavy atom. The summed E-state index contributed by atoms with van der Waals surface area (Å²) in [4.78, 5) is 0. The van der Waals surface area contributed by atoms with E-state index in [1.807, 2.05) is 37.3 Å². The van der Waals surface area contributed by atoms with Crippen LogP contribution >= 0.6 is 34.8 Å². The van der Waals surface area contributed by atoms with Crippen LogP contribution in [0.15, 0.2) is 36.4 Å². The van der Waals surface area contributed by atoms with Gasteiger partial charge in [-0.25, -0.2) is 0 Å². The molecule has 0 saturated heterocycles. The number of hydrogen-bond acceptors (Lipinski definition) is 1. The molecular weight excluding hydrogens is 303 g/mol. The molecule has 0 aliphatic rings. The first-order valence-corrected chi connectivity index (χ1v) is 7.11. The maximum absolute atomic E-state index is 6.15. The summed E-state index contributed by atoms with van der Waals surface area (Å²) in [5, 5.41) is 1.26. The van der Waals surface area contributed by atoms with Gasteiger partial charge in [-0.15, -0.1) is 11.6 Å². The summed E-state index contributed by atoms with van der Waals surface area (Å²) < 4.78 is 5.68. The number of rotatable bonds is 4. The van der Waals surface area contributed by atoms with Crippen molar-refractivity contribution in [3.8, 4) is 5.75 Å². The number of alkyl halides is 1. The van der Waals surface area contributed by atoms with E-state index < -0.39 is 0 Å². The zero-order valence-electron chi connectivity index (χ0n) is 10.4. The Balaban J connectivity index is 2.10. The first-order chi connectivity index (χ1) is 9.10. The molecule has 0 aliphatic carbocycles. The molecule has 0 amide bonds. The number of aryl methyl sites for hydroxylation is 1. The third kappa shape index (κ3) is 3.79. The molecule has 0 unspecified atom stereocenters. The summed E-state index contributed by atoms with van der Waals surface area (Å²) in [6.07, 6.45) is 0. The van der Waals surface area contributed by atoms with E-state index >= 15 is 0 Å². The molecule has 0 spiro atoms. The van der Waals surface area contributed by atoms with E-state index in [1.165, 1.54) is 0 Å². The van der Waals surface area contributed by atoms with Crippen LogP contribution in [0.5, 0.6) is 5.75 Å². The van der Waals surface area contributed by atoms with Crippen molar-refractivity contribution in [2.45, 2.75) is 19.4 Å². The molecule has 0 bridgehead atoms. The van der Waals surface area contributed by atoms with Gasteiger partial charge >= 0.3 is 0 Å². The Morgan fingerprint density at radius 3 is 2.42 bits per heavy atom. The second-order valence-corrected chi connectivity index (χ2v) is 5.36. The SMILES string of the molecule is Cc1ccc(COc2ccc(CCl)cc2Cl)c(Cl)c1. The first-order valence-electron chi connectivity index (χ1n) is 5.82. The third-order valence-electron chi connectivity index (χ3n) is 2.74. The molecule has 100 valence electrons. The highest BCUT2D eigenvalue weighted by atomic mass is 35.5. The Bertz CT molecular complexity index is 582. The van der Waals surface area contributed by atoms with Crippen molar-refractivity contribution >= 4 is 34.8 Å². The van der Waals surface area contributed by atoms with E-state index in [4.69, 9.17) is 39.5 Å². The predicted octanol–water partition coefficient (Wildman–Crippen LogP) is 5.62. The fraction of sp³-hybridized carbons (Fsp3) is 0.200. The van der Waals surface area contributed by atoms with Gasteiger partial charge < -0.3 is 4.74 Å². The minimum Gasteiger partial charge on any atom is -0.487 e. The molecule has 2 rings (SSSR count). The van der Waals surface area contributed by atoms with E-state index in [9.17, 15) is 0 Å². The predicted molar refractivity (Wildman–Crippen MR) is 81.5 cm³/mol. The Morgan fingerprint density at radius 1 is 1.00 bits per heavy atom. The fourth-order valence-electron chi connectivity index (χ4n) is 1.67. The van der Waals surface area contributed by atoms with Gasteiger partial charge in [0, 0.05) is 16.5 Å². The first kappa shape index (κ1) is 14.5. The maximum Gasteiger partial charge on any atom is 0.138 e. The standard InChI is InChI=1S/C15H13Cl3O/c1-10-2-4-12(13(17)6-10)9-19-15-5-3-11(8-16)7-14(15)18/h2-7H,8-9H2,1H3. The summed E-state index contributed by atoms with van der Waals surface area (Å²) in [6, 6.07) is 11.4. The molecule has 0 fully saturated rings. The quantitative estimate of drug-likeness (QED) is 0.665. The summed E-state index contributed by atoms with van der Waals surface area (Å²) in [5.74, 6) is 1.07. The van der Waals surface area contributed by atoms with Crippen LogP contribution in [-0.2, 0) is 12.5 Å². The van der Waals surface area contributed by atoms with E-state index in [-0.39, 0.29) is 0 Å². The molecule has 0 aliphatic heterocycles. The van der Waals surface area contributed by atoms with Gasteiger partial charge in [0.05, 0.1) is 5.02 Å². The summed E-state index contributed by atoms with van der Waals surface area (Å²) in [7, 11) is 0. The lowest BCUT2D eigenvalue weighted by molar-refractivity contribution is 0.306. The van der Waals surface area contributed by atoms with E-state index in [0.717, 1.165) is 16.7 Å². The van der Waals surface area contributed by atoms with Crippen LogP contribution in [0, 0.1) is 6.92 Å². The van der Waals surface area contributed by atoms with Crippen molar-refractivity contribution in [2.24, 2.45) is 0 Å². The van der Waals surface area contributed by atoms with Crippen LogP contribution in [0.25, 0.3) is 0 Å². The van der Waals surface area contributed by atoms with Crippen LogP contribution in [0.4, 0.5) is 0 Å². The minimum atomic E-state index is 0.388. The normalized spacial score (nSPS) is 10.5. The zero-order valence-corrected chi connectivity index (χ0v) is 12.7. The molecule has 2 aromatic rings. The second-order valence-electron chi connectivity index (χ2n) is 4.28. The summed E-state index contributed by atoms with van der Waals surface area (Å²) >= 11 is 18.0. The van der Waals surface area contributed by atoms with Gasteiger partial charge in [0.2, 0.25) is 0 Å². The Labute approximate surface area is 128 Å². The average Bonchev–Trinajstić information content (AvgIpc) is 2.39. The van der Waals surface area contributed by atoms with Crippen molar-refractivity contribution in [3.63, 3.8) is 0 Å². The van der Waals surface area contributed by atoms with E-state index in [1.54, 1.807) is 6.07 Å². The largest absolute Gasteiger partial charge is 0.487 e. The topological polar surface area (TPSA) is 9.23 Å². The van der Waals surface area contributed by atoms with Crippen molar-refractivity contribution in [1.29, 1.82) is 0 Å². The van der Waals surface area contributed by atoms with Gasteiger partial charge in [-0.05, 0) is 36.2 Å². The van der Waals surface area contributed by atoms with Crippen molar-refractivity contribution < 1.29 is 4.74 Å². The molecule has 0 saturated carbocycles. The van der Waals surface area contributed by atoms with Gasteiger partial charge in [-0.2, -0.15) is 0 Å². The van der Waals surface area contributed by atoms with Crippen LogP contribution < -0.4 is 4.74 Å². The van der Waals surface area contributed by atoms with Crippen LogP contribution in [0.3, 0.4) is 0 Å². The smallest absolute Gasteiger partial charge is 0.138 e. The van der Waals surface area contributed by atoms with E-state index in [2.05, 4.69) is 0 Å². The molecule has 2 aromatic carbocycles. The number of halogens is 3. The maximum atomic E-state index is 6.15. The van der Waals surface area contributed by atoms with Gasteiger partial charge in [-0.1, -0.05) is 41.4 Å². The van der Waals surface area contributed by atoms with Gasteiger partial charge in [0.1, 0.15) is 12.4 Å². The number of ether oxygens (including phenoxy) is 1. The highest BCUT2D eigenvalue weighted by Gasteiger charge is 2.05. The Hall–Kier alpha value is -0.890. The number of hydrogen-bond donors (Lipinski definition) is 0. The van der Waals surface area contributed by atoms with E-state index in [0.29, 0.717) is 28.3 Å². The molecule has 0 atom stereocenters. The molecule has 0 N–H and O–H groups in total. The van der Waals surface area contributed by atoms with Gasteiger partial charge in [0.25, 0.3) is 0 Å². The molecule has 0 heterocycles. The van der Waals surface area contributed by atoms with Crippen molar-refractivity contribution in [3.05, 3.63) is 63.1 Å². The van der Waals surface area contributed by atoms with Gasteiger partial charge in [-0.3, -0.25) is 0 Å². The van der Waals surface area contributed by atoms with Crippen LogP contribution in [0.1, 0.15) is 16.7 Å². The van der Waals surface area contributed by atoms with Crippen molar-refractivity contribution in [1.82, 2.24) is 0 Å². The zero-order chi connectivity index (χ0) is 13.8. The lowest BCUT2D eigenvalue weighted by Gasteiger charge is -2.10. The average molecular weight is 316 g/mol. The lowest BCUT2D eigenvalue weighted by Crippen LogP contribution is -1.97. The fourth-order valence-corrected chi connectivity index (χ4v) is 2.38. The lowest BCUT2D eigenvalue weighted by atomic mass is 10.1. The summed E-state index contributed by atoms with van der Waals surface area (Å²) in [6.45, 7) is 2.39. The highest BCUT2D eigenvalue weighted by Crippen LogP contribution is 2.28. The van der Waals surface area contributed by atoms with Crippen LogP contribution in [0.2, 0.25) is 10.0 Å². The Kier molecular flexibility index (Phi) is 4.98. The molecule has 0 aromatic heterocycles. The minimum absolute atomic E-state index is 0.388. The molecule has 19 heavy (non-hydrogen) atoms.